The van der Waals surface area contributed by atoms with E-state index in [0.717, 1.165) is 30.6 Å². The molecule has 0 heterocycles. The van der Waals surface area contributed by atoms with Gasteiger partial charge in [0.25, 0.3) is 0 Å². The summed E-state index contributed by atoms with van der Waals surface area (Å²) in [7, 11) is 0. The van der Waals surface area contributed by atoms with Gasteiger partial charge in [-0.25, -0.2) is 0 Å². The van der Waals surface area contributed by atoms with Crippen LogP contribution in [0.1, 0.15) is 121 Å². The molecule has 31 heavy (non-hydrogen) atoms. The van der Waals surface area contributed by atoms with Crippen molar-refractivity contribution in [1.29, 1.82) is 0 Å². The van der Waals surface area contributed by atoms with E-state index in [-0.39, 0.29) is 6.10 Å². The molecule has 2 aliphatic carbocycles. The summed E-state index contributed by atoms with van der Waals surface area (Å²) in [6.07, 6.45) is 10.7. The summed E-state index contributed by atoms with van der Waals surface area (Å²) in [5, 5.41) is 11.2. The van der Waals surface area contributed by atoms with Crippen LogP contribution in [0.5, 0.6) is 0 Å². The fourth-order valence-corrected chi connectivity index (χ4v) is 6.26. The molecule has 1 nitrogen and oxygen atoms in total. The molecule has 2 rings (SSSR count). The van der Waals surface area contributed by atoms with Crippen molar-refractivity contribution in [2.45, 2.75) is 127 Å². The summed E-state index contributed by atoms with van der Waals surface area (Å²) in [6, 6.07) is 0. The van der Waals surface area contributed by atoms with Crippen LogP contribution in [0.2, 0.25) is 0 Å². The van der Waals surface area contributed by atoms with Crippen LogP contribution in [0.25, 0.3) is 0 Å². The van der Waals surface area contributed by atoms with Gasteiger partial charge in [0.15, 0.2) is 0 Å². The molecule has 0 aromatic heterocycles. The summed E-state index contributed by atoms with van der Waals surface area (Å²) in [4.78, 5) is 0. The van der Waals surface area contributed by atoms with Gasteiger partial charge in [0, 0.05) is 0 Å². The first-order valence-corrected chi connectivity index (χ1v) is 13.3. The second-order valence-electron chi connectivity index (χ2n) is 15.0. The molecule has 0 bridgehead atoms. The molecule has 2 aliphatic rings. The Bertz CT molecular complexity index is 569. The SMILES string of the molecule is CC(C)C1C=C(CC(O)CC2CC(C(C)(C)C)CC(C(C)(C)C)C2)CC(C(C)(C)C)C1. The lowest BCUT2D eigenvalue weighted by molar-refractivity contribution is 0.0275. The van der Waals surface area contributed by atoms with Gasteiger partial charge in [-0.2, -0.15) is 0 Å². The Morgan fingerprint density at radius 1 is 0.774 bits per heavy atom. The highest BCUT2D eigenvalue weighted by atomic mass is 16.3. The predicted molar refractivity (Wildman–Crippen MR) is 137 cm³/mol. The molecular weight excluding hydrogens is 376 g/mol. The van der Waals surface area contributed by atoms with Gasteiger partial charge in [-0.15, -0.1) is 0 Å². The van der Waals surface area contributed by atoms with Gasteiger partial charge in [-0.1, -0.05) is 87.8 Å². The minimum atomic E-state index is -0.179. The Morgan fingerprint density at radius 3 is 1.68 bits per heavy atom. The van der Waals surface area contributed by atoms with Crippen molar-refractivity contribution in [3.8, 4) is 0 Å². The van der Waals surface area contributed by atoms with E-state index < -0.39 is 0 Å². The standard InChI is InChI=1S/C30H56O/c1-20(2)23-12-21(13-24(18-23)28(3,4)5)16-27(31)17-22-14-25(29(6,7)8)19-26(15-22)30(9,10)11/h12,20,22-27,31H,13-19H2,1-11H3. The first-order valence-electron chi connectivity index (χ1n) is 13.3. The van der Waals surface area contributed by atoms with Gasteiger partial charge >= 0.3 is 0 Å². The average molecular weight is 433 g/mol. The van der Waals surface area contributed by atoms with Crippen molar-refractivity contribution in [3.05, 3.63) is 11.6 Å². The maximum Gasteiger partial charge on any atom is 0.0580 e. The van der Waals surface area contributed by atoms with Crippen molar-refractivity contribution in [2.24, 2.45) is 51.8 Å². The molecule has 1 N–H and O–H groups in total. The zero-order valence-corrected chi connectivity index (χ0v) is 23.0. The quantitative estimate of drug-likeness (QED) is 0.430. The predicted octanol–water partition coefficient (Wildman–Crippen LogP) is 8.91. The lowest BCUT2D eigenvalue weighted by Crippen LogP contribution is -2.37. The molecule has 0 amide bonds. The molecule has 5 unspecified atom stereocenters. The van der Waals surface area contributed by atoms with Gasteiger partial charge < -0.3 is 5.11 Å². The highest BCUT2D eigenvalue weighted by molar-refractivity contribution is 5.13. The third kappa shape index (κ3) is 7.90. The Kier molecular flexibility index (Phi) is 8.61. The molecule has 0 radical (unpaired) electrons. The van der Waals surface area contributed by atoms with Gasteiger partial charge in [0.05, 0.1) is 6.10 Å². The summed E-state index contributed by atoms with van der Waals surface area (Å²) in [6.45, 7) is 26.4. The molecule has 0 spiro atoms. The zero-order chi connectivity index (χ0) is 23.8. The minimum absolute atomic E-state index is 0.179. The van der Waals surface area contributed by atoms with E-state index in [9.17, 15) is 5.11 Å². The van der Waals surface area contributed by atoms with Crippen molar-refractivity contribution in [2.75, 3.05) is 0 Å². The number of aliphatic hydroxyl groups is 1. The van der Waals surface area contributed by atoms with Crippen LogP contribution >= 0.6 is 0 Å². The van der Waals surface area contributed by atoms with E-state index >= 15 is 0 Å². The van der Waals surface area contributed by atoms with Gasteiger partial charge in [-0.3, -0.25) is 0 Å². The van der Waals surface area contributed by atoms with Crippen LogP contribution in [0.3, 0.4) is 0 Å². The maximum atomic E-state index is 11.2. The van der Waals surface area contributed by atoms with Crippen LogP contribution in [0, 0.1) is 51.8 Å². The summed E-state index contributed by atoms with van der Waals surface area (Å²) >= 11 is 0. The topological polar surface area (TPSA) is 20.2 Å². The molecule has 1 saturated carbocycles. The summed E-state index contributed by atoms with van der Waals surface area (Å²) in [5.41, 5.74) is 2.61. The van der Waals surface area contributed by atoms with Crippen molar-refractivity contribution < 1.29 is 5.11 Å². The Morgan fingerprint density at radius 2 is 1.26 bits per heavy atom. The van der Waals surface area contributed by atoms with E-state index in [1.165, 1.54) is 37.7 Å². The molecule has 0 aliphatic heterocycles. The van der Waals surface area contributed by atoms with E-state index in [4.69, 9.17) is 0 Å². The smallest absolute Gasteiger partial charge is 0.0580 e. The van der Waals surface area contributed by atoms with Gasteiger partial charge in [-0.05, 0) is 96.7 Å². The number of hydrogen-bond donors (Lipinski definition) is 1. The first-order chi connectivity index (χ1) is 14.0. The fourth-order valence-electron chi connectivity index (χ4n) is 6.26. The highest BCUT2D eigenvalue weighted by Gasteiger charge is 2.40. The monoisotopic (exact) mass is 432 g/mol. The number of hydrogen-bond acceptors (Lipinski definition) is 1. The lowest BCUT2D eigenvalue weighted by Gasteiger charge is -2.46. The third-order valence-corrected chi connectivity index (χ3v) is 8.95. The molecular formula is C30H56O. The summed E-state index contributed by atoms with van der Waals surface area (Å²) in [5.74, 6) is 4.30. The van der Waals surface area contributed by atoms with E-state index in [0.29, 0.717) is 34.0 Å². The normalized spacial score (nSPS) is 32.2. The van der Waals surface area contributed by atoms with E-state index in [1.807, 2.05) is 0 Å². The van der Waals surface area contributed by atoms with Crippen LogP contribution in [0.15, 0.2) is 11.6 Å². The van der Waals surface area contributed by atoms with Crippen LogP contribution in [-0.2, 0) is 0 Å². The Hall–Kier alpha value is -0.300. The molecule has 1 fully saturated rings. The molecule has 5 atom stereocenters. The molecule has 182 valence electrons. The molecule has 0 saturated heterocycles. The van der Waals surface area contributed by atoms with Crippen LogP contribution in [-0.4, -0.2) is 11.2 Å². The first kappa shape index (κ1) is 26.9. The number of aliphatic hydroxyl groups excluding tert-OH is 1. The lowest BCUT2D eigenvalue weighted by atomic mass is 9.59. The number of rotatable bonds is 5. The van der Waals surface area contributed by atoms with Crippen molar-refractivity contribution >= 4 is 0 Å². The van der Waals surface area contributed by atoms with E-state index in [1.54, 1.807) is 0 Å². The Labute approximate surface area is 195 Å². The maximum absolute atomic E-state index is 11.2. The molecule has 0 aromatic carbocycles. The van der Waals surface area contributed by atoms with Crippen LogP contribution < -0.4 is 0 Å². The minimum Gasteiger partial charge on any atom is -0.393 e. The van der Waals surface area contributed by atoms with E-state index in [2.05, 4.69) is 82.2 Å². The number of allylic oxidation sites excluding steroid dienone is 1. The van der Waals surface area contributed by atoms with Crippen molar-refractivity contribution in [1.82, 2.24) is 0 Å². The van der Waals surface area contributed by atoms with Crippen LogP contribution in [0.4, 0.5) is 0 Å². The second-order valence-corrected chi connectivity index (χ2v) is 15.0. The van der Waals surface area contributed by atoms with Gasteiger partial charge in [0.1, 0.15) is 0 Å². The largest absolute Gasteiger partial charge is 0.393 e. The average Bonchev–Trinajstić information content (AvgIpc) is 2.58. The molecule has 1 heteroatoms. The van der Waals surface area contributed by atoms with Crippen molar-refractivity contribution in [3.63, 3.8) is 0 Å². The van der Waals surface area contributed by atoms with Gasteiger partial charge in [0.2, 0.25) is 0 Å². The summed E-state index contributed by atoms with van der Waals surface area (Å²) < 4.78 is 0. The highest BCUT2D eigenvalue weighted by Crippen LogP contribution is 2.49. The zero-order valence-electron chi connectivity index (χ0n) is 23.0. The second kappa shape index (κ2) is 9.90. The third-order valence-electron chi connectivity index (χ3n) is 8.95. The fraction of sp³-hybridized carbons (Fsp3) is 0.933. The Balaban J connectivity index is 2.08. The molecule has 0 aromatic rings.